The number of carbonyl (C=O) groups is 2. The lowest BCUT2D eigenvalue weighted by Gasteiger charge is -2.17. The van der Waals surface area contributed by atoms with Crippen LogP contribution in [0.4, 0.5) is 5.00 Å². The monoisotopic (exact) mass is 299 g/mol. The van der Waals surface area contributed by atoms with Crippen LogP contribution in [0.2, 0.25) is 0 Å². The van der Waals surface area contributed by atoms with Gasteiger partial charge in [0.2, 0.25) is 0 Å². The van der Waals surface area contributed by atoms with E-state index in [1.165, 1.54) is 18.3 Å². The first-order valence-electron chi connectivity index (χ1n) is 6.71. The van der Waals surface area contributed by atoms with Gasteiger partial charge in [-0.15, -0.1) is 11.3 Å². The summed E-state index contributed by atoms with van der Waals surface area (Å²) in [7, 11) is 0. The lowest BCUT2D eigenvalue weighted by atomic mass is 10.1. The molecule has 0 saturated heterocycles. The van der Waals surface area contributed by atoms with Gasteiger partial charge in [-0.2, -0.15) is 0 Å². The molecule has 0 spiro atoms. The van der Waals surface area contributed by atoms with E-state index in [-0.39, 0.29) is 18.7 Å². The normalized spacial score (nSPS) is 11.9. The molecule has 112 valence electrons. The zero-order valence-electron chi connectivity index (χ0n) is 11.9. The third kappa shape index (κ3) is 5.61. The first kappa shape index (κ1) is 16.5. The number of thiophene rings is 1. The Hall–Kier alpha value is -1.56. The van der Waals surface area contributed by atoms with E-state index in [1.807, 2.05) is 0 Å². The first-order valence-corrected chi connectivity index (χ1v) is 7.59. The Labute approximate surface area is 123 Å². The Balaban J connectivity index is 2.52. The third-order valence-corrected chi connectivity index (χ3v) is 3.56. The van der Waals surface area contributed by atoms with Crippen molar-refractivity contribution in [2.45, 2.75) is 45.6 Å². The van der Waals surface area contributed by atoms with Gasteiger partial charge in [-0.05, 0) is 17.9 Å². The zero-order valence-corrected chi connectivity index (χ0v) is 12.7. The predicted octanol–water partition coefficient (Wildman–Crippen LogP) is 3.00. The summed E-state index contributed by atoms with van der Waals surface area (Å²) in [5.41, 5.74) is 6.11. The van der Waals surface area contributed by atoms with E-state index in [1.54, 1.807) is 11.4 Å². The largest absolute Gasteiger partial charge is 0.466 e. The molecule has 0 aliphatic carbocycles. The molecule has 6 heteroatoms. The molecule has 1 aromatic heterocycles. The van der Waals surface area contributed by atoms with E-state index in [0.29, 0.717) is 17.0 Å². The number of hydrogen-bond acceptors (Lipinski definition) is 6. The summed E-state index contributed by atoms with van der Waals surface area (Å²) in [5.74, 6) is -0.736. The summed E-state index contributed by atoms with van der Waals surface area (Å²) in [6.07, 6.45) is 2.99. The molecule has 1 rings (SSSR count). The van der Waals surface area contributed by atoms with Crippen molar-refractivity contribution in [1.82, 2.24) is 0 Å². The zero-order chi connectivity index (χ0) is 15.0. The Morgan fingerprint density at radius 1 is 1.40 bits per heavy atom. The maximum absolute atomic E-state index is 12.0. The van der Waals surface area contributed by atoms with Crippen molar-refractivity contribution < 1.29 is 19.1 Å². The van der Waals surface area contributed by atoms with Gasteiger partial charge in [0.1, 0.15) is 11.1 Å². The fourth-order valence-corrected chi connectivity index (χ4v) is 2.36. The van der Waals surface area contributed by atoms with Crippen molar-refractivity contribution in [3.05, 3.63) is 17.0 Å². The molecule has 1 unspecified atom stereocenters. The molecule has 0 fully saturated rings. The number of ether oxygens (including phenoxy) is 2. The summed E-state index contributed by atoms with van der Waals surface area (Å²) in [6, 6.07) is 1.66. The molecule has 2 N–H and O–H groups in total. The molecule has 1 atom stereocenters. The number of esters is 2. The molecule has 0 saturated carbocycles. The average Bonchev–Trinajstić information content (AvgIpc) is 2.81. The van der Waals surface area contributed by atoms with Crippen molar-refractivity contribution in [2.24, 2.45) is 0 Å². The Morgan fingerprint density at radius 2 is 2.15 bits per heavy atom. The fourth-order valence-electron chi connectivity index (χ4n) is 1.73. The highest BCUT2D eigenvalue weighted by molar-refractivity contribution is 7.14. The van der Waals surface area contributed by atoms with E-state index < -0.39 is 5.97 Å². The van der Waals surface area contributed by atoms with Gasteiger partial charge >= 0.3 is 11.9 Å². The van der Waals surface area contributed by atoms with Gasteiger partial charge < -0.3 is 15.2 Å². The van der Waals surface area contributed by atoms with Crippen LogP contribution in [0.1, 0.15) is 49.9 Å². The Kier molecular flexibility index (Phi) is 7.08. The quantitative estimate of drug-likeness (QED) is 0.746. The van der Waals surface area contributed by atoms with E-state index in [9.17, 15) is 9.59 Å². The maximum Gasteiger partial charge on any atom is 0.341 e. The number of anilines is 1. The first-order chi connectivity index (χ1) is 9.54. The lowest BCUT2D eigenvalue weighted by Crippen LogP contribution is -2.21. The van der Waals surface area contributed by atoms with Gasteiger partial charge in [0.15, 0.2) is 0 Å². The van der Waals surface area contributed by atoms with E-state index in [0.717, 1.165) is 19.3 Å². The van der Waals surface area contributed by atoms with Crippen LogP contribution < -0.4 is 5.73 Å². The van der Waals surface area contributed by atoms with E-state index >= 15 is 0 Å². The number of unbranched alkanes of at least 4 members (excludes halogenated alkanes) is 1. The molecule has 0 bridgehead atoms. The summed E-state index contributed by atoms with van der Waals surface area (Å²) < 4.78 is 10.4. The van der Waals surface area contributed by atoms with Crippen LogP contribution in [0.25, 0.3) is 0 Å². The second-order valence-electron chi connectivity index (χ2n) is 4.50. The van der Waals surface area contributed by atoms with Gasteiger partial charge in [0.25, 0.3) is 0 Å². The number of nitrogen functional groups attached to an aromatic ring is 1. The number of carbonyl (C=O) groups excluding carboxylic acids is 2. The highest BCUT2D eigenvalue weighted by atomic mass is 32.1. The van der Waals surface area contributed by atoms with Gasteiger partial charge in [-0.1, -0.05) is 19.8 Å². The van der Waals surface area contributed by atoms with Crippen LogP contribution in [-0.4, -0.2) is 24.6 Å². The molecule has 0 aliphatic heterocycles. The number of nitrogens with two attached hydrogens (primary N) is 1. The van der Waals surface area contributed by atoms with Crippen LogP contribution in [-0.2, 0) is 14.3 Å². The smallest absolute Gasteiger partial charge is 0.341 e. The molecular weight excluding hydrogens is 278 g/mol. The summed E-state index contributed by atoms with van der Waals surface area (Å²) >= 11 is 1.31. The minimum absolute atomic E-state index is 0.249. The second kappa shape index (κ2) is 8.58. The molecule has 5 nitrogen and oxygen atoms in total. The molecule has 0 amide bonds. The minimum atomic E-state index is -0.410. The lowest BCUT2D eigenvalue weighted by molar-refractivity contribution is -0.141. The second-order valence-corrected chi connectivity index (χ2v) is 5.44. The van der Waals surface area contributed by atoms with Crippen LogP contribution in [0.3, 0.4) is 0 Å². The van der Waals surface area contributed by atoms with Crippen LogP contribution in [0.15, 0.2) is 11.4 Å². The molecule has 0 radical (unpaired) electrons. The van der Waals surface area contributed by atoms with Gasteiger partial charge in [0, 0.05) is 13.3 Å². The van der Waals surface area contributed by atoms with Crippen LogP contribution in [0.5, 0.6) is 0 Å². The molecule has 1 heterocycles. The maximum atomic E-state index is 12.0. The Morgan fingerprint density at radius 3 is 2.70 bits per heavy atom. The topological polar surface area (TPSA) is 78.6 Å². The van der Waals surface area contributed by atoms with Crippen molar-refractivity contribution in [3.63, 3.8) is 0 Å². The molecule has 0 aliphatic rings. The van der Waals surface area contributed by atoms with Crippen molar-refractivity contribution >= 4 is 28.3 Å². The SMILES string of the molecule is CCCCC(CCOC(C)=O)OC(=O)c1ccsc1N. The van der Waals surface area contributed by atoms with Crippen LogP contribution >= 0.6 is 11.3 Å². The molecule has 1 aromatic rings. The van der Waals surface area contributed by atoms with E-state index in [2.05, 4.69) is 6.92 Å². The predicted molar refractivity (Wildman–Crippen MR) is 78.7 cm³/mol. The standard InChI is InChI=1S/C14H21NO4S/c1-3-4-5-11(6-8-18-10(2)16)19-14(17)12-7-9-20-13(12)15/h7,9,11H,3-6,8,15H2,1-2H3. The van der Waals surface area contributed by atoms with Crippen molar-refractivity contribution in [2.75, 3.05) is 12.3 Å². The average molecular weight is 299 g/mol. The third-order valence-electron chi connectivity index (χ3n) is 2.81. The fraction of sp³-hybridized carbons (Fsp3) is 0.571. The summed E-state index contributed by atoms with van der Waals surface area (Å²) in [4.78, 5) is 22.7. The minimum Gasteiger partial charge on any atom is -0.466 e. The highest BCUT2D eigenvalue weighted by Gasteiger charge is 2.18. The summed E-state index contributed by atoms with van der Waals surface area (Å²) in [5, 5.41) is 2.22. The summed E-state index contributed by atoms with van der Waals surface area (Å²) in [6.45, 7) is 3.69. The van der Waals surface area contributed by atoms with Gasteiger partial charge in [0.05, 0.1) is 12.2 Å². The number of rotatable bonds is 8. The molecular formula is C14H21NO4S. The Bertz CT molecular complexity index is 444. The molecule has 20 heavy (non-hydrogen) atoms. The van der Waals surface area contributed by atoms with E-state index in [4.69, 9.17) is 15.2 Å². The van der Waals surface area contributed by atoms with Crippen molar-refractivity contribution in [3.8, 4) is 0 Å². The van der Waals surface area contributed by atoms with Crippen molar-refractivity contribution in [1.29, 1.82) is 0 Å². The molecule has 0 aromatic carbocycles. The highest BCUT2D eigenvalue weighted by Crippen LogP contribution is 2.21. The van der Waals surface area contributed by atoms with Gasteiger partial charge in [-0.25, -0.2) is 4.79 Å². The van der Waals surface area contributed by atoms with Crippen LogP contribution in [0, 0.1) is 0 Å². The number of hydrogen-bond donors (Lipinski definition) is 1. The van der Waals surface area contributed by atoms with Gasteiger partial charge in [-0.3, -0.25) is 4.79 Å².